The second-order valence-corrected chi connectivity index (χ2v) is 4.57. The first kappa shape index (κ1) is 12.9. The first-order chi connectivity index (χ1) is 10.3. The fraction of sp³-hybridized carbons (Fsp3) is 0.0588. The number of H-pyrrole nitrogens is 1. The number of ether oxygens (including phenoxy) is 1. The van der Waals surface area contributed by atoms with Crippen molar-refractivity contribution in [3.63, 3.8) is 0 Å². The van der Waals surface area contributed by atoms with Crippen molar-refractivity contribution >= 4 is 16.7 Å². The number of hydrogen-bond acceptors (Lipinski definition) is 3. The standard InChI is InChI=1S/C17H12N2O2/c18-9-12-5-1-4-8-17(12)21-11-16(20)14-10-19-15-7-3-2-6-13(14)15/h1-8,10,19H,11H2. The van der Waals surface area contributed by atoms with Crippen molar-refractivity contribution in [2.45, 2.75) is 0 Å². The number of para-hydroxylation sites is 2. The molecule has 4 nitrogen and oxygen atoms in total. The van der Waals surface area contributed by atoms with E-state index in [-0.39, 0.29) is 12.4 Å². The molecule has 102 valence electrons. The van der Waals surface area contributed by atoms with Gasteiger partial charge in [0.2, 0.25) is 5.78 Å². The number of benzene rings is 2. The highest BCUT2D eigenvalue weighted by Gasteiger charge is 2.13. The lowest BCUT2D eigenvalue weighted by atomic mass is 10.1. The second-order valence-electron chi connectivity index (χ2n) is 4.57. The number of Topliss-reactive ketones (excluding diaryl/α,β-unsaturated/α-hetero) is 1. The summed E-state index contributed by atoms with van der Waals surface area (Å²) in [5.74, 6) is 0.299. The minimum Gasteiger partial charge on any atom is -0.484 e. The van der Waals surface area contributed by atoms with Gasteiger partial charge in [0.1, 0.15) is 11.8 Å². The summed E-state index contributed by atoms with van der Waals surface area (Å²) in [4.78, 5) is 15.3. The molecule has 1 N–H and O–H groups in total. The Bertz CT molecular complexity index is 843. The molecule has 0 aliphatic carbocycles. The smallest absolute Gasteiger partial charge is 0.202 e. The Labute approximate surface area is 121 Å². The van der Waals surface area contributed by atoms with Gasteiger partial charge in [0, 0.05) is 22.7 Å². The lowest BCUT2D eigenvalue weighted by Gasteiger charge is -2.06. The van der Waals surface area contributed by atoms with Crippen molar-refractivity contribution in [3.05, 3.63) is 65.9 Å². The number of nitrogens with zero attached hydrogens (tertiary/aromatic N) is 1. The van der Waals surface area contributed by atoms with Crippen LogP contribution in [0.4, 0.5) is 0 Å². The highest BCUT2D eigenvalue weighted by molar-refractivity contribution is 6.08. The predicted molar refractivity (Wildman–Crippen MR) is 79.3 cm³/mol. The summed E-state index contributed by atoms with van der Waals surface area (Å²) in [6.07, 6.45) is 1.69. The molecule has 0 unspecified atom stereocenters. The van der Waals surface area contributed by atoms with Crippen LogP contribution >= 0.6 is 0 Å². The first-order valence-corrected chi connectivity index (χ1v) is 6.51. The molecule has 3 rings (SSSR count). The number of fused-ring (bicyclic) bond motifs is 1. The minimum atomic E-state index is -0.125. The second kappa shape index (κ2) is 5.51. The Balaban J connectivity index is 1.80. The largest absolute Gasteiger partial charge is 0.484 e. The molecule has 2 aromatic carbocycles. The molecule has 0 bridgehead atoms. The number of aromatic amines is 1. The van der Waals surface area contributed by atoms with E-state index in [9.17, 15) is 4.79 Å². The minimum absolute atomic E-state index is 0.0967. The van der Waals surface area contributed by atoms with Gasteiger partial charge >= 0.3 is 0 Å². The third-order valence-corrected chi connectivity index (χ3v) is 3.26. The Morgan fingerprint density at radius 1 is 1.14 bits per heavy atom. The van der Waals surface area contributed by atoms with E-state index in [4.69, 9.17) is 10.00 Å². The number of nitriles is 1. The van der Waals surface area contributed by atoms with E-state index in [1.54, 1.807) is 30.5 Å². The summed E-state index contributed by atoms with van der Waals surface area (Å²) in [6.45, 7) is -0.0967. The van der Waals surface area contributed by atoms with Crippen molar-refractivity contribution in [1.29, 1.82) is 5.26 Å². The van der Waals surface area contributed by atoms with Crippen molar-refractivity contribution in [1.82, 2.24) is 4.98 Å². The quantitative estimate of drug-likeness (QED) is 0.743. The van der Waals surface area contributed by atoms with E-state index < -0.39 is 0 Å². The Hall–Kier alpha value is -3.06. The molecule has 0 amide bonds. The van der Waals surface area contributed by atoms with Gasteiger partial charge in [-0.2, -0.15) is 5.26 Å². The van der Waals surface area contributed by atoms with Crippen LogP contribution in [-0.2, 0) is 0 Å². The average Bonchev–Trinajstić information content (AvgIpc) is 2.97. The van der Waals surface area contributed by atoms with E-state index >= 15 is 0 Å². The number of hydrogen-bond donors (Lipinski definition) is 1. The van der Waals surface area contributed by atoms with Crippen LogP contribution in [0, 0.1) is 11.3 Å². The van der Waals surface area contributed by atoms with Crippen LogP contribution < -0.4 is 4.74 Å². The third kappa shape index (κ3) is 2.49. The Morgan fingerprint density at radius 3 is 2.76 bits per heavy atom. The van der Waals surface area contributed by atoms with Crippen molar-refractivity contribution < 1.29 is 9.53 Å². The van der Waals surface area contributed by atoms with Gasteiger partial charge in [0.05, 0.1) is 5.56 Å². The summed E-state index contributed by atoms with van der Waals surface area (Å²) in [5.41, 5.74) is 1.93. The van der Waals surface area contributed by atoms with E-state index in [2.05, 4.69) is 4.98 Å². The van der Waals surface area contributed by atoms with Crippen molar-refractivity contribution in [2.24, 2.45) is 0 Å². The van der Waals surface area contributed by atoms with E-state index in [0.29, 0.717) is 16.9 Å². The molecule has 4 heteroatoms. The number of carbonyl (C=O) groups is 1. The molecular weight excluding hydrogens is 264 g/mol. The van der Waals surface area contributed by atoms with Gasteiger partial charge in [-0.1, -0.05) is 30.3 Å². The molecule has 0 spiro atoms. The van der Waals surface area contributed by atoms with E-state index in [1.807, 2.05) is 30.3 Å². The number of aromatic nitrogens is 1. The summed E-state index contributed by atoms with van der Waals surface area (Å²) in [6, 6.07) is 16.5. The normalized spacial score (nSPS) is 10.2. The molecule has 3 aromatic rings. The first-order valence-electron chi connectivity index (χ1n) is 6.51. The fourth-order valence-electron chi connectivity index (χ4n) is 2.21. The van der Waals surface area contributed by atoms with Crippen molar-refractivity contribution in [3.8, 4) is 11.8 Å². The number of carbonyl (C=O) groups excluding carboxylic acids is 1. The van der Waals surface area contributed by atoms with Gasteiger partial charge in [0.15, 0.2) is 6.61 Å². The molecule has 0 aliphatic rings. The van der Waals surface area contributed by atoms with Crippen LogP contribution in [0.2, 0.25) is 0 Å². The molecule has 1 heterocycles. The van der Waals surface area contributed by atoms with Crippen LogP contribution in [0.1, 0.15) is 15.9 Å². The summed E-state index contributed by atoms with van der Waals surface area (Å²) in [7, 11) is 0. The Kier molecular flexibility index (Phi) is 3.40. The highest BCUT2D eigenvalue weighted by Crippen LogP contribution is 2.20. The van der Waals surface area contributed by atoms with E-state index in [0.717, 1.165) is 10.9 Å². The summed E-state index contributed by atoms with van der Waals surface area (Å²) < 4.78 is 5.48. The zero-order valence-electron chi connectivity index (χ0n) is 11.2. The number of ketones is 1. The zero-order chi connectivity index (χ0) is 14.7. The molecule has 0 atom stereocenters. The molecular formula is C17H12N2O2. The van der Waals surface area contributed by atoms with Gasteiger partial charge in [-0.25, -0.2) is 0 Å². The van der Waals surface area contributed by atoms with Crippen molar-refractivity contribution in [2.75, 3.05) is 6.61 Å². The summed E-state index contributed by atoms with van der Waals surface area (Å²) in [5, 5.41) is 9.86. The maximum absolute atomic E-state index is 12.3. The highest BCUT2D eigenvalue weighted by atomic mass is 16.5. The van der Waals surface area contributed by atoms with Crippen LogP contribution in [0.25, 0.3) is 10.9 Å². The van der Waals surface area contributed by atoms with Crippen LogP contribution in [0.5, 0.6) is 5.75 Å². The molecule has 0 fully saturated rings. The van der Waals surface area contributed by atoms with Gasteiger partial charge in [-0.15, -0.1) is 0 Å². The molecule has 0 radical (unpaired) electrons. The Morgan fingerprint density at radius 2 is 1.90 bits per heavy atom. The molecule has 0 aliphatic heterocycles. The SMILES string of the molecule is N#Cc1ccccc1OCC(=O)c1c[nH]c2ccccc12. The fourth-order valence-corrected chi connectivity index (χ4v) is 2.21. The van der Waals surface area contributed by atoms with E-state index in [1.165, 1.54) is 0 Å². The monoisotopic (exact) mass is 276 g/mol. The van der Waals surface area contributed by atoms with Crippen LogP contribution in [0.15, 0.2) is 54.7 Å². The molecule has 1 aromatic heterocycles. The van der Waals surface area contributed by atoms with Gasteiger partial charge in [0.25, 0.3) is 0 Å². The lowest BCUT2D eigenvalue weighted by Crippen LogP contribution is -2.11. The maximum Gasteiger partial charge on any atom is 0.202 e. The lowest BCUT2D eigenvalue weighted by molar-refractivity contribution is 0.0923. The number of rotatable bonds is 4. The zero-order valence-corrected chi connectivity index (χ0v) is 11.2. The molecule has 0 saturated heterocycles. The average molecular weight is 276 g/mol. The predicted octanol–water partition coefficient (Wildman–Crippen LogP) is 3.30. The molecule has 0 saturated carbocycles. The number of nitrogens with one attached hydrogen (secondary N) is 1. The maximum atomic E-state index is 12.3. The van der Waals surface area contributed by atoms with Crippen LogP contribution in [-0.4, -0.2) is 17.4 Å². The topological polar surface area (TPSA) is 65.9 Å². The van der Waals surface area contributed by atoms with Gasteiger partial charge < -0.3 is 9.72 Å². The van der Waals surface area contributed by atoms with Crippen LogP contribution in [0.3, 0.4) is 0 Å². The summed E-state index contributed by atoms with van der Waals surface area (Å²) >= 11 is 0. The molecule has 21 heavy (non-hydrogen) atoms. The van der Waals surface area contributed by atoms with Gasteiger partial charge in [-0.3, -0.25) is 4.79 Å². The third-order valence-electron chi connectivity index (χ3n) is 3.26. The van der Waals surface area contributed by atoms with Gasteiger partial charge in [-0.05, 0) is 18.2 Å².